The molecule has 0 fully saturated rings. The summed E-state index contributed by atoms with van der Waals surface area (Å²) in [5.74, 6) is -0.680. The van der Waals surface area contributed by atoms with Crippen LogP contribution in [0.5, 0.6) is 0 Å². The molecule has 0 aliphatic rings. The zero-order valence-corrected chi connectivity index (χ0v) is 14.1. The number of nitrogens with zero attached hydrogens (tertiary/aromatic N) is 1. The van der Waals surface area contributed by atoms with Crippen molar-refractivity contribution in [2.45, 2.75) is 26.9 Å². The van der Waals surface area contributed by atoms with Crippen LogP contribution in [-0.4, -0.2) is 39.7 Å². The lowest BCUT2D eigenvalue weighted by Gasteiger charge is -2.14. The van der Waals surface area contributed by atoms with Crippen molar-refractivity contribution in [2.24, 2.45) is 10.9 Å². The first-order valence-electron chi connectivity index (χ1n) is 7.19. The predicted molar refractivity (Wildman–Crippen MR) is 86.8 cm³/mol. The standard InChI is InChI=1S/C14H23N3O5S/c1-3-20-14(21-4-2)22-17-13(15)11-23(18,19)16-10-12-8-6-5-7-9-12/h5-9,14,16H,3-4,10-11H2,1-2H3,(H2,15,17). The van der Waals surface area contributed by atoms with Crippen molar-refractivity contribution < 1.29 is 22.7 Å². The number of hydrogen-bond donors (Lipinski definition) is 2. The van der Waals surface area contributed by atoms with E-state index >= 15 is 0 Å². The van der Waals surface area contributed by atoms with Gasteiger partial charge in [0.1, 0.15) is 5.75 Å². The molecule has 23 heavy (non-hydrogen) atoms. The van der Waals surface area contributed by atoms with E-state index in [2.05, 4.69) is 9.88 Å². The second-order valence-electron chi connectivity index (χ2n) is 4.45. The highest BCUT2D eigenvalue weighted by atomic mass is 32.2. The molecule has 9 heteroatoms. The first-order valence-corrected chi connectivity index (χ1v) is 8.84. The lowest BCUT2D eigenvalue weighted by atomic mass is 10.2. The molecule has 8 nitrogen and oxygen atoms in total. The van der Waals surface area contributed by atoms with Gasteiger partial charge in [-0.05, 0) is 19.4 Å². The number of oxime groups is 1. The number of nitrogens with one attached hydrogen (secondary N) is 1. The molecule has 1 aromatic rings. The molecule has 0 aliphatic heterocycles. The van der Waals surface area contributed by atoms with Gasteiger partial charge in [-0.25, -0.2) is 13.1 Å². The quantitative estimate of drug-likeness (QED) is 0.265. The Kier molecular flexibility index (Phi) is 8.56. The third-order valence-electron chi connectivity index (χ3n) is 2.54. The van der Waals surface area contributed by atoms with Gasteiger partial charge in [-0.1, -0.05) is 35.5 Å². The van der Waals surface area contributed by atoms with Crippen LogP contribution in [0.4, 0.5) is 0 Å². The minimum Gasteiger partial charge on any atom is -0.384 e. The fraction of sp³-hybridized carbons (Fsp3) is 0.500. The van der Waals surface area contributed by atoms with Crippen LogP contribution in [-0.2, 0) is 30.9 Å². The minimum atomic E-state index is -3.62. The Morgan fingerprint density at radius 3 is 2.39 bits per heavy atom. The molecule has 0 unspecified atom stereocenters. The van der Waals surface area contributed by atoms with E-state index in [9.17, 15) is 8.42 Å². The van der Waals surface area contributed by atoms with Gasteiger partial charge >= 0.3 is 6.48 Å². The van der Waals surface area contributed by atoms with Crippen LogP contribution in [0.3, 0.4) is 0 Å². The van der Waals surface area contributed by atoms with E-state index in [4.69, 9.17) is 20.0 Å². The van der Waals surface area contributed by atoms with Crippen LogP contribution in [0.15, 0.2) is 35.5 Å². The van der Waals surface area contributed by atoms with Crippen molar-refractivity contribution in [3.8, 4) is 0 Å². The van der Waals surface area contributed by atoms with Crippen molar-refractivity contribution in [2.75, 3.05) is 19.0 Å². The van der Waals surface area contributed by atoms with E-state index in [1.807, 2.05) is 30.3 Å². The van der Waals surface area contributed by atoms with E-state index in [1.165, 1.54) is 0 Å². The summed E-state index contributed by atoms with van der Waals surface area (Å²) in [6.45, 7) is 3.41. The van der Waals surface area contributed by atoms with Crippen molar-refractivity contribution in [1.29, 1.82) is 0 Å². The highest BCUT2D eigenvalue weighted by molar-refractivity contribution is 7.90. The molecule has 130 valence electrons. The van der Waals surface area contributed by atoms with Gasteiger partial charge < -0.3 is 20.0 Å². The lowest BCUT2D eigenvalue weighted by molar-refractivity contribution is -0.285. The van der Waals surface area contributed by atoms with Crippen molar-refractivity contribution in [3.05, 3.63) is 35.9 Å². The average molecular weight is 345 g/mol. The maximum Gasteiger partial charge on any atom is 0.339 e. The summed E-state index contributed by atoms with van der Waals surface area (Å²) in [5.41, 5.74) is 6.41. The van der Waals surface area contributed by atoms with Crippen LogP contribution >= 0.6 is 0 Å². The maximum absolute atomic E-state index is 11.9. The van der Waals surface area contributed by atoms with E-state index in [0.717, 1.165) is 5.56 Å². The van der Waals surface area contributed by atoms with Gasteiger partial charge in [0.15, 0.2) is 5.84 Å². The third-order valence-corrected chi connectivity index (χ3v) is 3.80. The van der Waals surface area contributed by atoms with E-state index < -0.39 is 22.3 Å². The molecule has 0 radical (unpaired) electrons. The smallest absolute Gasteiger partial charge is 0.339 e. The molecular weight excluding hydrogens is 322 g/mol. The van der Waals surface area contributed by atoms with Gasteiger partial charge in [0.25, 0.3) is 0 Å². The number of benzene rings is 1. The summed E-state index contributed by atoms with van der Waals surface area (Å²) < 4.78 is 36.5. The third kappa shape index (κ3) is 8.50. The van der Waals surface area contributed by atoms with Crippen LogP contribution in [0.25, 0.3) is 0 Å². The molecular formula is C14H23N3O5S. The largest absolute Gasteiger partial charge is 0.384 e. The Morgan fingerprint density at radius 2 is 1.83 bits per heavy atom. The van der Waals surface area contributed by atoms with Gasteiger partial charge in [0.05, 0.1) is 13.2 Å². The van der Waals surface area contributed by atoms with Gasteiger partial charge in [-0.3, -0.25) is 0 Å². The van der Waals surface area contributed by atoms with E-state index in [-0.39, 0.29) is 12.4 Å². The molecule has 0 heterocycles. The Morgan fingerprint density at radius 1 is 1.22 bits per heavy atom. The normalized spacial score (nSPS) is 12.6. The fourth-order valence-corrected chi connectivity index (χ4v) is 2.48. The highest BCUT2D eigenvalue weighted by Gasteiger charge is 2.14. The number of ether oxygens (including phenoxy) is 2. The zero-order valence-electron chi connectivity index (χ0n) is 13.3. The highest BCUT2D eigenvalue weighted by Crippen LogP contribution is 2.00. The Hall–Kier alpha value is -1.68. The van der Waals surface area contributed by atoms with E-state index in [0.29, 0.717) is 13.2 Å². The SMILES string of the molecule is CCOC(OCC)ON=C(N)CS(=O)(=O)NCc1ccccc1. The molecule has 0 bridgehead atoms. The summed E-state index contributed by atoms with van der Waals surface area (Å²) in [6.07, 6.45) is 0. The molecule has 0 spiro atoms. The average Bonchev–Trinajstić information content (AvgIpc) is 2.52. The second-order valence-corrected chi connectivity index (χ2v) is 6.26. The molecule has 0 aromatic heterocycles. The fourth-order valence-electron chi connectivity index (χ4n) is 1.55. The number of rotatable bonds is 11. The Labute approximate surface area is 136 Å². The molecule has 0 amide bonds. The van der Waals surface area contributed by atoms with Crippen LogP contribution in [0.2, 0.25) is 0 Å². The molecule has 3 N–H and O–H groups in total. The van der Waals surface area contributed by atoms with Gasteiger partial charge in [-0.2, -0.15) is 0 Å². The maximum atomic E-state index is 11.9. The molecule has 0 saturated carbocycles. The lowest BCUT2D eigenvalue weighted by Crippen LogP contribution is -2.33. The second kappa shape index (κ2) is 10.2. The van der Waals surface area contributed by atoms with Crippen molar-refractivity contribution >= 4 is 15.9 Å². The van der Waals surface area contributed by atoms with E-state index in [1.54, 1.807) is 13.8 Å². The minimum absolute atomic E-state index is 0.178. The van der Waals surface area contributed by atoms with Crippen LogP contribution < -0.4 is 10.5 Å². The van der Waals surface area contributed by atoms with Crippen molar-refractivity contribution in [3.63, 3.8) is 0 Å². The molecule has 0 aliphatic carbocycles. The number of hydrogen-bond acceptors (Lipinski definition) is 6. The number of amidine groups is 1. The summed E-state index contributed by atoms with van der Waals surface area (Å²) in [5, 5.41) is 3.53. The van der Waals surface area contributed by atoms with Crippen molar-refractivity contribution in [1.82, 2.24) is 4.72 Å². The summed E-state index contributed by atoms with van der Waals surface area (Å²) in [6, 6.07) is 9.15. The summed E-state index contributed by atoms with van der Waals surface area (Å²) >= 11 is 0. The first kappa shape index (κ1) is 19.4. The molecule has 0 saturated heterocycles. The van der Waals surface area contributed by atoms with Crippen LogP contribution in [0, 0.1) is 0 Å². The van der Waals surface area contributed by atoms with Gasteiger partial charge in [0, 0.05) is 6.54 Å². The summed E-state index contributed by atoms with van der Waals surface area (Å²) in [7, 11) is -3.62. The van der Waals surface area contributed by atoms with Gasteiger partial charge in [0.2, 0.25) is 10.0 Å². The Bertz CT molecular complexity index is 571. The Balaban J connectivity index is 2.49. The summed E-state index contributed by atoms with van der Waals surface area (Å²) in [4.78, 5) is 4.92. The monoisotopic (exact) mass is 345 g/mol. The van der Waals surface area contributed by atoms with Gasteiger partial charge in [-0.15, -0.1) is 0 Å². The topological polar surface area (TPSA) is 112 Å². The number of nitrogens with two attached hydrogens (primary N) is 1. The first-order chi connectivity index (χ1) is 11.0. The zero-order chi connectivity index (χ0) is 17.1. The molecule has 1 rings (SSSR count). The number of sulfonamides is 1. The molecule has 0 atom stereocenters. The molecule has 1 aromatic carbocycles. The predicted octanol–water partition coefficient (Wildman–Crippen LogP) is 0.751. The van der Waals surface area contributed by atoms with Crippen LogP contribution in [0.1, 0.15) is 19.4 Å².